The molecule has 3 heterocycles. The molecule has 1 saturated heterocycles. The zero-order valence-corrected chi connectivity index (χ0v) is 14.7. The second kappa shape index (κ2) is 6.00. The maximum Gasteiger partial charge on any atom is 0.133 e. The van der Waals surface area contributed by atoms with E-state index in [0.717, 1.165) is 31.0 Å². The summed E-state index contributed by atoms with van der Waals surface area (Å²) in [5.41, 5.74) is 3.48. The third-order valence-corrected chi connectivity index (χ3v) is 5.37. The molecule has 2 aromatic rings. The van der Waals surface area contributed by atoms with E-state index in [0.29, 0.717) is 16.0 Å². The summed E-state index contributed by atoms with van der Waals surface area (Å²) in [4.78, 5) is 2.40. The van der Waals surface area contributed by atoms with E-state index in [2.05, 4.69) is 17.3 Å². The minimum absolute atomic E-state index is 0.509. The zero-order valence-electron chi connectivity index (χ0n) is 13.1. The normalized spacial score (nSPS) is 21.3. The number of piperidine rings is 1. The third-order valence-electron chi connectivity index (χ3n) is 4.83. The van der Waals surface area contributed by atoms with Crippen molar-refractivity contribution in [3.05, 3.63) is 39.5 Å². The van der Waals surface area contributed by atoms with Crippen LogP contribution in [-0.2, 0) is 6.42 Å². The number of rotatable bonds is 2. The molecule has 6 heteroatoms. The summed E-state index contributed by atoms with van der Waals surface area (Å²) in [7, 11) is 2.19. The van der Waals surface area contributed by atoms with E-state index >= 15 is 0 Å². The van der Waals surface area contributed by atoms with Gasteiger partial charge in [-0.2, -0.15) is 5.10 Å². The highest BCUT2D eigenvalue weighted by Crippen LogP contribution is 2.37. The van der Waals surface area contributed by atoms with Gasteiger partial charge in [0.15, 0.2) is 0 Å². The lowest BCUT2D eigenvalue weighted by molar-refractivity contribution is 0.247. The molecule has 0 amide bonds. The first-order valence-corrected chi connectivity index (χ1v) is 8.88. The predicted octanol–water partition coefficient (Wildman–Crippen LogP) is 3.96. The summed E-state index contributed by atoms with van der Waals surface area (Å²) in [5, 5.41) is 9.70. The van der Waals surface area contributed by atoms with Crippen molar-refractivity contribution >= 4 is 29.0 Å². The molecule has 4 rings (SSSR count). The Kier molecular flexibility index (Phi) is 4.00. The first-order chi connectivity index (χ1) is 11.1. The zero-order chi connectivity index (χ0) is 16.0. The van der Waals surface area contributed by atoms with Crippen LogP contribution in [-0.4, -0.2) is 41.4 Å². The van der Waals surface area contributed by atoms with E-state index in [1.165, 1.54) is 30.6 Å². The summed E-state index contributed by atoms with van der Waals surface area (Å²) in [6.45, 7) is 3.23. The minimum Gasteiger partial charge on any atom is -0.369 e. The molecule has 4 nitrogen and oxygen atoms in total. The number of hydrogen-bond acceptors (Lipinski definition) is 3. The van der Waals surface area contributed by atoms with E-state index in [1.807, 2.05) is 16.8 Å². The fraction of sp³-hybridized carbons (Fsp3) is 0.471. The van der Waals surface area contributed by atoms with Gasteiger partial charge in [0.1, 0.15) is 5.82 Å². The number of nitrogens with zero attached hydrogens (tertiary/aromatic N) is 3. The lowest BCUT2D eigenvalue weighted by atomic mass is 9.92. The largest absolute Gasteiger partial charge is 0.369 e. The molecule has 23 heavy (non-hydrogen) atoms. The summed E-state index contributed by atoms with van der Waals surface area (Å²) in [6.07, 6.45) is 3.48. The van der Waals surface area contributed by atoms with E-state index in [1.54, 1.807) is 6.07 Å². The monoisotopic (exact) mass is 350 g/mol. The molecule has 0 bridgehead atoms. The lowest BCUT2D eigenvalue weighted by Gasteiger charge is -2.29. The number of fused-ring (bicyclic) bond motifs is 1. The van der Waals surface area contributed by atoms with Crippen LogP contribution in [0.15, 0.2) is 18.2 Å². The number of benzene rings is 1. The summed E-state index contributed by atoms with van der Waals surface area (Å²) >= 11 is 12.4. The molecule has 2 aliphatic rings. The fourth-order valence-electron chi connectivity index (χ4n) is 3.75. The van der Waals surface area contributed by atoms with Crippen molar-refractivity contribution in [2.24, 2.45) is 0 Å². The molecular weight excluding hydrogens is 331 g/mol. The van der Waals surface area contributed by atoms with Crippen LogP contribution in [0.25, 0.3) is 5.69 Å². The van der Waals surface area contributed by atoms with Gasteiger partial charge in [0, 0.05) is 29.6 Å². The van der Waals surface area contributed by atoms with Crippen LogP contribution in [0.3, 0.4) is 0 Å². The van der Waals surface area contributed by atoms with Crippen molar-refractivity contribution in [1.82, 2.24) is 14.7 Å². The molecule has 0 spiro atoms. The van der Waals surface area contributed by atoms with Crippen LogP contribution in [0.4, 0.5) is 5.82 Å². The maximum absolute atomic E-state index is 6.40. The van der Waals surface area contributed by atoms with Crippen LogP contribution in [0, 0.1) is 0 Å². The Morgan fingerprint density at radius 1 is 1.30 bits per heavy atom. The lowest BCUT2D eigenvalue weighted by Crippen LogP contribution is -2.31. The number of halogens is 2. The van der Waals surface area contributed by atoms with Gasteiger partial charge in [-0.25, -0.2) is 4.68 Å². The highest BCUT2D eigenvalue weighted by Gasteiger charge is 2.30. The summed E-state index contributed by atoms with van der Waals surface area (Å²) in [5.74, 6) is 1.60. The summed E-state index contributed by atoms with van der Waals surface area (Å²) < 4.78 is 1.96. The van der Waals surface area contributed by atoms with E-state index in [4.69, 9.17) is 28.3 Å². The van der Waals surface area contributed by atoms with Crippen molar-refractivity contribution in [2.75, 3.05) is 32.0 Å². The second-order valence-corrected chi connectivity index (χ2v) is 7.34. The topological polar surface area (TPSA) is 33.1 Å². The number of aromatic nitrogens is 2. The van der Waals surface area contributed by atoms with E-state index in [9.17, 15) is 0 Å². The number of likely N-dealkylation sites (tertiary alicyclic amines) is 1. The van der Waals surface area contributed by atoms with E-state index < -0.39 is 0 Å². The Balaban J connectivity index is 1.78. The maximum atomic E-state index is 6.40. The molecule has 122 valence electrons. The molecule has 1 aromatic heterocycles. The Hall–Kier alpha value is -1.23. The Bertz CT molecular complexity index is 740. The Morgan fingerprint density at radius 2 is 2.17 bits per heavy atom. The molecule has 1 N–H and O–H groups in total. The number of likely N-dealkylation sites (N-methyl/N-ethyl adjacent to an activating group) is 1. The first kappa shape index (κ1) is 15.3. The van der Waals surface area contributed by atoms with Crippen molar-refractivity contribution < 1.29 is 0 Å². The fourth-order valence-corrected chi connectivity index (χ4v) is 4.23. The van der Waals surface area contributed by atoms with Crippen molar-refractivity contribution in [1.29, 1.82) is 0 Å². The quantitative estimate of drug-likeness (QED) is 0.889. The molecule has 1 unspecified atom stereocenters. The van der Waals surface area contributed by atoms with Crippen LogP contribution >= 0.6 is 23.2 Å². The van der Waals surface area contributed by atoms with Crippen molar-refractivity contribution in [2.45, 2.75) is 25.2 Å². The SMILES string of the molecule is CN1CCCC(c2nn(-c3ccc(Cl)cc3Cl)c3c2CCN3)C1. The highest BCUT2D eigenvalue weighted by molar-refractivity contribution is 6.35. The third kappa shape index (κ3) is 2.73. The number of anilines is 1. The van der Waals surface area contributed by atoms with Gasteiger partial charge in [0.25, 0.3) is 0 Å². The number of hydrogen-bond donors (Lipinski definition) is 1. The Morgan fingerprint density at radius 3 is 2.96 bits per heavy atom. The highest BCUT2D eigenvalue weighted by atomic mass is 35.5. The van der Waals surface area contributed by atoms with Crippen LogP contribution in [0.5, 0.6) is 0 Å². The van der Waals surface area contributed by atoms with Gasteiger partial charge in [-0.1, -0.05) is 23.2 Å². The minimum atomic E-state index is 0.509. The molecular formula is C17H20Cl2N4. The van der Waals surface area contributed by atoms with Crippen LogP contribution in [0.2, 0.25) is 10.0 Å². The Labute approximate surface area is 146 Å². The standard InChI is InChI=1S/C17H20Cl2N4/c1-22-8-2-3-11(10-22)16-13-6-7-20-17(13)23(21-16)15-5-4-12(18)9-14(15)19/h4-5,9,11,20H,2-3,6-8,10H2,1H3. The second-order valence-electron chi connectivity index (χ2n) is 6.50. The average Bonchev–Trinajstić information content (AvgIpc) is 3.10. The summed E-state index contributed by atoms with van der Waals surface area (Å²) in [6, 6.07) is 5.57. The van der Waals surface area contributed by atoms with Crippen LogP contribution < -0.4 is 5.32 Å². The molecule has 2 aliphatic heterocycles. The van der Waals surface area contributed by atoms with Gasteiger partial charge in [-0.05, 0) is 51.1 Å². The van der Waals surface area contributed by atoms with Gasteiger partial charge in [-0.15, -0.1) is 0 Å². The predicted molar refractivity (Wildman–Crippen MR) is 95.2 cm³/mol. The first-order valence-electron chi connectivity index (χ1n) is 8.13. The van der Waals surface area contributed by atoms with Crippen LogP contribution in [0.1, 0.15) is 30.0 Å². The van der Waals surface area contributed by atoms with Gasteiger partial charge < -0.3 is 10.2 Å². The van der Waals surface area contributed by atoms with Crippen molar-refractivity contribution in [3.8, 4) is 5.69 Å². The number of nitrogens with one attached hydrogen (secondary N) is 1. The van der Waals surface area contributed by atoms with E-state index in [-0.39, 0.29) is 0 Å². The van der Waals surface area contributed by atoms with Gasteiger partial charge in [0.05, 0.1) is 16.4 Å². The van der Waals surface area contributed by atoms with Gasteiger partial charge >= 0.3 is 0 Å². The van der Waals surface area contributed by atoms with Gasteiger partial charge in [-0.3, -0.25) is 0 Å². The molecule has 1 atom stereocenters. The average molecular weight is 351 g/mol. The molecule has 0 radical (unpaired) electrons. The molecule has 1 aromatic carbocycles. The molecule has 1 fully saturated rings. The molecule has 0 aliphatic carbocycles. The molecule has 0 saturated carbocycles. The van der Waals surface area contributed by atoms with Crippen molar-refractivity contribution in [3.63, 3.8) is 0 Å². The van der Waals surface area contributed by atoms with Gasteiger partial charge in [0.2, 0.25) is 0 Å². The smallest absolute Gasteiger partial charge is 0.133 e.